The predicted octanol–water partition coefficient (Wildman–Crippen LogP) is 3.16. The summed E-state index contributed by atoms with van der Waals surface area (Å²) in [5, 5.41) is 13.1. The Morgan fingerprint density at radius 3 is 2.50 bits per heavy atom. The van der Waals surface area contributed by atoms with Crippen molar-refractivity contribution >= 4 is 23.4 Å². The summed E-state index contributed by atoms with van der Waals surface area (Å²) in [7, 11) is 6.43. The van der Waals surface area contributed by atoms with Gasteiger partial charge in [0.05, 0.1) is 57.6 Å². The van der Waals surface area contributed by atoms with Crippen LogP contribution >= 0.6 is 0 Å². The van der Waals surface area contributed by atoms with Gasteiger partial charge in [-0.2, -0.15) is 0 Å². The quantitative estimate of drug-likeness (QED) is 0.533. The lowest BCUT2D eigenvalue weighted by Gasteiger charge is -2.10. The van der Waals surface area contributed by atoms with Crippen molar-refractivity contribution in [1.82, 2.24) is 14.9 Å². The van der Waals surface area contributed by atoms with Crippen LogP contribution in [0.25, 0.3) is 11.8 Å². The molecule has 176 valence electrons. The first-order chi connectivity index (χ1) is 16.4. The molecule has 0 radical (unpaired) electrons. The summed E-state index contributed by atoms with van der Waals surface area (Å²) in [6.45, 7) is 0.425. The molecule has 1 aliphatic rings. The molecule has 0 spiro atoms. The lowest BCUT2D eigenvalue weighted by atomic mass is 10.1. The number of nitrogens with one attached hydrogen (secondary N) is 1. The fourth-order valence-corrected chi connectivity index (χ4v) is 3.71. The maximum absolute atomic E-state index is 12.7. The number of hydrogen-bond donors (Lipinski definition) is 2. The van der Waals surface area contributed by atoms with E-state index in [-0.39, 0.29) is 29.6 Å². The number of nitrogens with zero attached hydrogens (tertiary/aromatic N) is 3. The van der Waals surface area contributed by atoms with Crippen LogP contribution in [-0.2, 0) is 18.4 Å². The minimum atomic E-state index is -0.150. The molecule has 1 amide bonds. The van der Waals surface area contributed by atoms with Crippen LogP contribution in [0.1, 0.15) is 28.9 Å². The second-order valence-corrected chi connectivity index (χ2v) is 7.70. The van der Waals surface area contributed by atoms with Gasteiger partial charge >= 0.3 is 0 Å². The number of ether oxygens (including phenoxy) is 3. The lowest BCUT2D eigenvalue weighted by Crippen LogP contribution is -2.26. The molecule has 9 nitrogen and oxygen atoms in total. The lowest BCUT2D eigenvalue weighted by molar-refractivity contribution is -0.120. The minimum Gasteiger partial charge on any atom is -0.502 e. The molecule has 34 heavy (non-hydrogen) atoms. The van der Waals surface area contributed by atoms with E-state index in [1.54, 1.807) is 31.5 Å². The molecule has 1 aromatic carbocycles. The van der Waals surface area contributed by atoms with E-state index in [1.165, 1.54) is 14.2 Å². The van der Waals surface area contributed by atoms with Crippen LogP contribution in [0.15, 0.2) is 47.7 Å². The number of hydrogen-bond acceptors (Lipinski definition) is 7. The molecule has 0 unspecified atom stereocenters. The van der Waals surface area contributed by atoms with Gasteiger partial charge < -0.3 is 29.2 Å². The van der Waals surface area contributed by atoms with Crippen molar-refractivity contribution in [3.05, 3.63) is 65.2 Å². The van der Waals surface area contributed by atoms with E-state index in [1.807, 2.05) is 36.0 Å². The van der Waals surface area contributed by atoms with Crippen molar-refractivity contribution in [1.29, 1.82) is 0 Å². The fourth-order valence-electron chi connectivity index (χ4n) is 3.71. The molecule has 2 aromatic heterocycles. The van der Waals surface area contributed by atoms with Gasteiger partial charge in [0.25, 0.3) is 0 Å². The van der Waals surface area contributed by atoms with Gasteiger partial charge in [-0.05, 0) is 42.0 Å². The monoisotopic (exact) mass is 462 g/mol. The van der Waals surface area contributed by atoms with Crippen molar-refractivity contribution in [2.45, 2.75) is 13.0 Å². The van der Waals surface area contributed by atoms with E-state index in [0.29, 0.717) is 35.0 Å². The molecular weight excluding hydrogens is 436 g/mol. The van der Waals surface area contributed by atoms with Gasteiger partial charge in [-0.15, -0.1) is 0 Å². The first-order valence-electron chi connectivity index (χ1n) is 10.6. The van der Waals surface area contributed by atoms with Crippen molar-refractivity contribution in [2.24, 2.45) is 12.0 Å². The molecule has 0 atom stereocenters. The first-order valence-corrected chi connectivity index (χ1v) is 10.6. The Balaban J connectivity index is 1.65. The molecular formula is C25H26N4O5. The van der Waals surface area contributed by atoms with Crippen molar-refractivity contribution in [2.75, 3.05) is 21.3 Å². The van der Waals surface area contributed by atoms with E-state index < -0.39 is 0 Å². The number of phenols is 1. The number of aryl methyl sites for hydroxylation is 1. The number of amides is 1. The highest BCUT2D eigenvalue weighted by atomic mass is 16.5. The number of aliphatic imine (C=N–C) groups is 1. The molecule has 3 heterocycles. The first kappa shape index (κ1) is 22.9. The van der Waals surface area contributed by atoms with Crippen LogP contribution in [0.4, 0.5) is 0 Å². The number of pyridine rings is 1. The van der Waals surface area contributed by atoms with Crippen LogP contribution < -0.4 is 19.5 Å². The highest BCUT2D eigenvalue weighted by Crippen LogP contribution is 2.39. The van der Waals surface area contributed by atoms with Crippen LogP contribution in [0.5, 0.6) is 23.0 Å². The summed E-state index contributed by atoms with van der Waals surface area (Å²) in [6, 6.07) is 9.06. The van der Waals surface area contributed by atoms with E-state index >= 15 is 0 Å². The van der Waals surface area contributed by atoms with E-state index in [9.17, 15) is 9.90 Å². The Morgan fingerprint density at radius 1 is 1.15 bits per heavy atom. The number of benzene rings is 1. The third kappa shape index (κ3) is 4.59. The summed E-state index contributed by atoms with van der Waals surface area (Å²) in [6.07, 6.45) is 5.43. The summed E-state index contributed by atoms with van der Waals surface area (Å²) in [4.78, 5) is 21.9. The average Bonchev–Trinajstić information content (AvgIpc) is 3.40. The van der Waals surface area contributed by atoms with Gasteiger partial charge in [0.2, 0.25) is 11.7 Å². The number of carbonyl (C=O) groups is 1. The molecule has 3 aromatic rings. The number of aromatic nitrogens is 2. The molecule has 0 fully saturated rings. The topological polar surface area (TPSA) is 107 Å². The number of phenolic OH excluding ortho intramolecular Hbond substituents is 1. The summed E-state index contributed by atoms with van der Waals surface area (Å²) < 4.78 is 17.8. The van der Waals surface area contributed by atoms with Crippen molar-refractivity contribution < 1.29 is 24.1 Å². The zero-order valence-electron chi connectivity index (χ0n) is 19.5. The van der Waals surface area contributed by atoms with Gasteiger partial charge in [0, 0.05) is 24.5 Å². The number of carbonyl (C=O) groups excluding carboxylic acids is 1. The number of aromatic hydroxyl groups is 1. The van der Waals surface area contributed by atoms with Crippen LogP contribution in [-0.4, -0.2) is 47.6 Å². The second-order valence-electron chi connectivity index (χ2n) is 7.70. The van der Waals surface area contributed by atoms with E-state index in [2.05, 4.69) is 10.3 Å². The molecule has 0 bridgehead atoms. The van der Waals surface area contributed by atoms with Gasteiger partial charge in [0.1, 0.15) is 5.75 Å². The number of methoxy groups -OCH3 is 3. The minimum absolute atomic E-state index is 0.0825. The molecule has 0 saturated carbocycles. The number of rotatable bonds is 8. The zero-order chi connectivity index (χ0) is 24.2. The normalized spacial score (nSPS) is 13.4. The molecule has 0 saturated heterocycles. The van der Waals surface area contributed by atoms with Gasteiger partial charge in [-0.3, -0.25) is 9.78 Å². The smallest absolute Gasteiger partial charge is 0.226 e. The predicted molar refractivity (Wildman–Crippen MR) is 128 cm³/mol. The Bertz CT molecular complexity index is 1270. The van der Waals surface area contributed by atoms with Gasteiger partial charge in [-0.25, -0.2) is 4.99 Å². The molecule has 1 aliphatic heterocycles. The summed E-state index contributed by atoms with van der Waals surface area (Å²) >= 11 is 0. The van der Waals surface area contributed by atoms with Crippen LogP contribution in [0.2, 0.25) is 0 Å². The largest absolute Gasteiger partial charge is 0.502 e. The summed E-state index contributed by atoms with van der Waals surface area (Å²) in [5.41, 5.74) is 4.24. The van der Waals surface area contributed by atoms with Crippen LogP contribution in [0, 0.1) is 0 Å². The Hall–Kier alpha value is -4.27. The molecule has 2 N–H and O–H groups in total. The van der Waals surface area contributed by atoms with E-state index in [4.69, 9.17) is 19.2 Å². The number of fused-ring (bicyclic) bond motifs is 1. The second kappa shape index (κ2) is 9.70. The zero-order valence-corrected chi connectivity index (χ0v) is 19.5. The van der Waals surface area contributed by atoms with Crippen molar-refractivity contribution in [3.8, 4) is 23.0 Å². The van der Waals surface area contributed by atoms with Crippen LogP contribution in [0.3, 0.4) is 0 Å². The maximum Gasteiger partial charge on any atom is 0.226 e. The third-order valence-electron chi connectivity index (χ3n) is 5.56. The highest BCUT2D eigenvalue weighted by molar-refractivity contribution is 6.18. The molecule has 4 rings (SSSR count). The standard InChI is InChI=1S/C25H26N4O5/c1-29-7-5-6-16(29)13-26-23(30)12-19-18-11-17(32-2)14-27-24(18)20(28-19)8-15-9-21(33-3)25(31)22(10-15)34-4/h5-11,14,31H,12-13H2,1-4H3,(H,26,30)/b20-8+. The Kier molecular flexibility index (Phi) is 6.53. The van der Waals surface area contributed by atoms with Crippen molar-refractivity contribution in [3.63, 3.8) is 0 Å². The molecule has 0 aliphatic carbocycles. The average molecular weight is 463 g/mol. The van der Waals surface area contributed by atoms with Gasteiger partial charge in [-0.1, -0.05) is 0 Å². The SMILES string of the molecule is COc1cnc2c(c1)C(CC(=O)NCc1cccn1C)=N/C2=C/c1cc(OC)c(O)c(OC)c1. The fraction of sp³-hybridized carbons (Fsp3) is 0.240. The van der Waals surface area contributed by atoms with Gasteiger partial charge in [0.15, 0.2) is 11.5 Å². The third-order valence-corrected chi connectivity index (χ3v) is 5.56. The summed E-state index contributed by atoms with van der Waals surface area (Å²) in [5.74, 6) is 0.890. The Labute approximate surface area is 197 Å². The maximum atomic E-state index is 12.7. The Morgan fingerprint density at radius 2 is 1.88 bits per heavy atom. The highest BCUT2D eigenvalue weighted by Gasteiger charge is 2.25. The van der Waals surface area contributed by atoms with E-state index in [0.717, 1.165) is 11.3 Å². The molecule has 9 heteroatoms.